The molecule has 3 aromatic rings. The zero-order valence-corrected chi connectivity index (χ0v) is 14.8. The smallest absolute Gasteiger partial charge is 0.419 e. The average Bonchev–Trinajstić information content (AvgIpc) is 2.93. The molecular formula is C17H18N2O6S. The van der Waals surface area contributed by atoms with Crippen molar-refractivity contribution in [2.75, 3.05) is 13.2 Å². The predicted molar refractivity (Wildman–Crippen MR) is 94.6 cm³/mol. The van der Waals surface area contributed by atoms with Gasteiger partial charge in [-0.1, -0.05) is 18.2 Å². The first-order valence-electron chi connectivity index (χ1n) is 7.82. The van der Waals surface area contributed by atoms with Gasteiger partial charge in [-0.05, 0) is 24.3 Å². The van der Waals surface area contributed by atoms with E-state index < -0.39 is 21.9 Å². The number of oxazole rings is 1. The summed E-state index contributed by atoms with van der Waals surface area (Å²) in [6.45, 7) is -0.273. The predicted octanol–water partition coefficient (Wildman–Crippen LogP) is 0.850. The molecule has 1 aromatic heterocycles. The summed E-state index contributed by atoms with van der Waals surface area (Å²) in [7, 11) is -2.34. The van der Waals surface area contributed by atoms with Gasteiger partial charge in [-0.3, -0.25) is 4.57 Å². The van der Waals surface area contributed by atoms with Gasteiger partial charge in [-0.15, -0.1) is 0 Å². The van der Waals surface area contributed by atoms with E-state index in [2.05, 4.69) is 4.72 Å². The van der Waals surface area contributed by atoms with Crippen LogP contribution in [0.25, 0.3) is 11.1 Å². The molecule has 1 atom stereocenters. The van der Waals surface area contributed by atoms with Crippen LogP contribution in [0.1, 0.15) is 0 Å². The number of aromatic nitrogens is 1. The molecule has 0 saturated heterocycles. The quantitative estimate of drug-likeness (QED) is 0.631. The minimum absolute atomic E-state index is 0.0564. The molecule has 0 aliphatic carbocycles. The lowest BCUT2D eigenvalue weighted by Gasteiger charge is -2.13. The molecule has 0 fully saturated rings. The van der Waals surface area contributed by atoms with Crippen LogP contribution in [-0.2, 0) is 17.1 Å². The molecule has 2 N–H and O–H groups in total. The van der Waals surface area contributed by atoms with E-state index in [1.807, 2.05) is 6.07 Å². The van der Waals surface area contributed by atoms with E-state index in [0.29, 0.717) is 11.3 Å². The molecule has 26 heavy (non-hydrogen) atoms. The monoisotopic (exact) mass is 378 g/mol. The van der Waals surface area contributed by atoms with Crippen molar-refractivity contribution in [2.24, 2.45) is 7.05 Å². The van der Waals surface area contributed by atoms with Crippen molar-refractivity contribution < 1.29 is 22.7 Å². The first kappa shape index (κ1) is 18.2. The summed E-state index contributed by atoms with van der Waals surface area (Å²) in [5, 5.41) is 9.92. The van der Waals surface area contributed by atoms with Gasteiger partial charge in [0.15, 0.2) is 5.58 Å². The topological polar surface area (TPSA) is 111 Å². The Morgan fingerprint density at radius 2 is 1.96 bits per heavy atom. The fourth-order valence-electron chi connectivity index (χ4n) is 2.34. The molecule has 138 valence electrons. The average molecular weight is 378 g/mol. The maximum absolute atomic E-state index is 12.4. The van der Waals surface area contributed by atoms with Crippen LogP contribution < -0.4 is 15.2 Å². The molecule has 0 saturated carbocycles. The summed E-state index contributed by atoms with van der Waals surface area (Å²) >= 11 is 0. The Morgan fingerprint density at radius 1 is 1.23 bits per heavy atom. The van der Waals surface area contributed by atoms with Crippen molar-refractivity contribution in [3.8, 4) is 5.75 Å². The number of nitrogens with one attached hydrogen (secondary N) is 1. The minimum Gasteiger partial charge on any atom is -0.491 e. The molecule has 0 spiro atoms. The van der Waals surface area contributed by atoms with Crippen LogP contribution in [-0.4, -0.2) is 37.3 Å². The molecule has 0 amide bonds. The molecular weight excluding hydrogens is 360 g/mol. The summed E-state index contributed by atoms with van der Waals surface area (Å²) in [6, 6.07) is 13.0. The third-order valence-electron chi connectivity index (χ3n) is 3.77. The number of nitrogens with zero attached hydrogens (tertiary/aromatic N) is 1. The lowest BCUT2D eigenvalue weighted by atomic mass is 10.3. The molecule has 9 heteroatoms. The fraction of sp³-hybridized carbons (Fsp3) is 0.235. The molecule has 0 radical (unpaired) electrons. The molecule has 1 heterocycles. The van der Waals surface area contributed by atoms with E-state index in [0.717, 1.165) is 0 Å². The summed E-state index contributed by atoms with van der Waals surface area (Å²) in [5.41, 5.74) is 0.665. The Morgan fingerprint density at radius 3 is 2.69 bits per heavy atom. The zero-order valence-electron chi connectivity index (χ0n) is 14.0. The van der Waals surface area contributed by atoms with Gasteiger partial charge in [-0.25, -0.2) is 17.9 Å². The number of hydrogen-bond acceptors (Lipinski definition) is 6. The normalized spacial score (nSPS) is 13.0. The number of ether oxygens (including phenoxy) is 1. The largest absolute Gasteiger partial charge is 0.491 e. The highest BCUT2D eigenvalue weighted by Crippen LogP contribution is 2.18. The van der Waals surface area contributed by atoms with E-state index in [1.165, 1.54) is 29.8 Å². The number of aliphatic hydroxyl groups is 1. The van der Waals surface area contributed by atoms with Gasteiger partial charge < -0.3 is 14.3 Å². The van der Waals surface area contributed by atoms with E-state index in [9.17, 15) is 18.3 Å². The number of benzene rings is 2. The summed E-state index contributed by atoms with van der Waals surface area (Å²) in [4.78, 5) is 11.4. The maximum Gasteiger partial charge on any atom is 0.419 e. The highest BCUT2D eigenvalue weighted by atomic mass is 32.2. The van der Waals surface area contributed by atoms with Crippen molar-refractivity contribution in [3.63, 3.8) is 0 Å². The number of aryl methyl sites for hydroxylation is 1. The molecule has 0 bridgehead atoms. The highest BCUT2D eigenvalue weighted by Gasteiger charge is 2.18. The van der Waals surface area contributed by atoms with Crippen LogP contribution in [0.5, 0.6) is 5.75 Å². The number of fused-ring (bicyclic) bond motifs is 1. The van der Waals surface area contributed by atoms with Gasteiger partial charge in [-0.2, -0.15) is 0 Å². The summed E-state index contributed by atoms with van der Waals surface area (Å²) in [6.07, 6.45) is -1.02. The number of sulfonamides is 1. The van der Waals surface area contributed by atoms with Crippen LogP contribution in [0.2, 0.25) is 0 Å². The Kier molecular flexibility index (Phi) is 5.12. The first-order chi connectivity index (χ1) is 12.4. The standard InChI is InChI=1S/C17H18N2O6S/c1-19-15-8-7-14(9-16(15)25-17(19)21)26(22,23)18-10-12(20)11-24-13-5-3-2-4-6-13/h2-9,12,18,20H,10-11H2,1H3. The number of para-hydroxylation sites is 1. The Hall–Kier alpha value is -2.62. The molecule has 8 nitrogen and oxygen atoms in total. The third-order valence-corrected chi connectivity index (χ3v) is 5.19. The summed E-state index contributed by atoms with van der Waals surface area (Å²) < 4.78 is 38.7. The van der Waals surface area contributed by atoms with Gasteiger partial charge >= 0.3 is 5.76 Å². The van der Waals surface area contributed by atoms with Crippen molar-refractivity contribution in [1.29, 1.82) is 0 Å². The van der Waals surface area contributed by atoms with Crippen LogP contribution in [0, 0.1) is 0 Å². The Balaban J connectivity index is 1.64. The third kappa shape index (κ3) is 3.96. The molecule has 1 unspecified atom stereocenters. The lowest BCUT2D eigenvalue weighted by Crippen LogP contribution is -2.35. The van der Waals surface area contributed by atoms with Gasteiger partial charge in [0.2, 0.25) is 10.0 Å². The van der Waals surface area contributed by atoms with Crippen LogP contribution >= 0.6 is 0 Å². The Bertz CT molecular complexity index is 1060. The molecule has 0 aliphatic rings. The number of hydrogen-bond donors (Lipinski definition) is 2. The van der Waals surface area contributed by atoms with Gasteiger partial charge in [0.1, 0.15) is 18.5 Å². The van der Waals surface area contributed by atoms with Crippen molar-refractivity contribution in [2.45, 2.75) is 11.0 Å². The van der Waals surface area contributed by atoms with Crippen LogP contribution in [0.3, 0.4) is 0 Å². The van der Waals surface area contributed by atoms with Gasteiger partial charge in [0.25, 0.3) is 0 Å². The van der Waals surface area contributed by atoms with E-state index in [-0.39, 0.29) is 23.6 Å². The number of aliphatic hydroxyl groups excluding tert-OH is 1. The van der Waals surface area contributed by atoms with Crippen LogP contribution in [0.15, 0.2) is 62.6 Å². The van der Waals surface area contributed by atoms with Crippen molar-refractivity contribution >= 4 is 21.1 Å². The maximum atomic E-state index is 12.4. The second kappa shape index (κ2) is 7.32. The second-order valence-electron chi connectivity index (χ2n) is 5.69. The first-order valence-corrected chi connectivity index (χ1v) is 9.30. The summed E-state index contributed by atoms with van der Waals surface area (Å²) in [5.74, 6) is 0.00922. The van der Waals surface area contributed by atoms with Gasteiger partial charge in [0.05, 0.1) is 10.4 Å². The van der Waals surface area contributed by atoms with E-state index in [4.69, 9.17) is 9.15 Å². The zero-order chi connectivity index (χ0) is 18.7. The van der Waals surface area contributed by atoms with Crippen LogP contribution in [0.4, 0.5) is 0 Å². The van der Waals surface area contributed by atoms with E-state index >= 15 is 0 Å². The lowest BCUT2D eigenvalue weighted by molar-refractivity contribution is 0.111. The Labute approximate surface area is 149 Å². The second-order valence-corrected chi connectivity index (χ2v) is 7.45. The number of rotatable bonds is 7. The molecule has 2 aromatic carbocycles. The SMILES string of the molecule is Cn1c(=O)oc2cc(S(=O)(=O)NCC(O)COc3ccccc3)ccc21. The highest BCUT2D eigenvalue weighted by molar-refractivity contribution is 7.89. The van der Waals surface area contributed by atoms with E-state index in [1.54, 1.807) is 24.3 Å². The molecule has 0 aliphatic heterocycles. The van der Waals surface area contributed by atoms with Crippen molar-refractivity contribution in [1.82, 2.24) is 9.29 Å². The fourth-order valence-corrected chi connectivity index (χ4v) is 3.43. The minimum atomic E-state index is -3.87. The van der Waals surface area contributed by atoms with Gasteiger partial charge in [0, 0.05) is 19.7 Å². The van der Waals surface area contributed by atoms with Crippen molar-refractivity contribution in [3.05, 3.63) is 59.1 Å². The molecule has 3 rings (SSSR count).